The summed E-state index contributed by atoms with van der Waals surface area (Å²) in [6.45, 7) is 0. The quantitative estimate of drug-likeness (QED) is 0.324. The van der Waals surface area contributed by atoms with Gasteiger partial charge in [0.15, 0.2) is 0 Å². The largest absolute Gasteiger partial charge is 4.00 e. The van der Waals surface area contributed by atoms with Crippen LogP contribution in [0, 0.1) is 0 Å². The fourth-order valence-corrected chi connectivity index (χ4v) is 0. The molecule has 0 aliphatic carbocycles. The molecule has 0 heterocycles. The summed E-state index contributed by atoms with van der Waals surface area (Å²) >= 11 is 0. The van der Waals surface area contributed by atoms with Crippen LogP contribution in [-0.4, -0.2) is 0 Å². The summed E-state index contributed by atoms with van der Waals surface area (Å²) in [7, 11) is 0. The summed E-state index contributed by atoms with van der Waals surface area (Å²) in [5.41, 5.74) is 0. The maximum Gasteiger partial charge on any atom is 4.00 e. The maximum absolute atomic E-state index is 0. The van der Waals surface area contributed by atoms with Crippen molar-refractivity contribution in [3.05, 3.63) is 6.15 Å². The Kier molecular flexibility index (Phi) is 810. The first-order chi connectivity index (χ1) is 0. The van der Waals surface area contributed by atoms with Crippen molar-refractivity contribution in [2.45, 2.75) is 0 Å². The van der Waals surface area contributed by atoms with Gasteiger partial charge in [0.2, 0.25) is 0 Å². The monoisotopic (exact) mass is 169 g/mol. The van der Waals surface area contributed by atoms with Crippen molar-refractivity contribution in [3.8, 4) is 0 Å². The van der Waals surface area contributed by atoms with E-state index >= 15 is 0 Å². The molecule has 32 valence electrons. The van der Waals surface area contributed by atoms with Crippen molar-refractivity contribution in [3.63, 3.8) is 0 Å². The molecule has 0 atom stereocenters. The minimum absolute atomic E-state index is 0. The van der Waals surface area contributed by atoms with E-state index in [0.29, 0.717) is 0 Å². The first-order valence-electron chi connectivity index (χ1n) is 0. The predicted octanol–water partition coefficient (Wildman–Crippen LogP) is -8.27. The molecule has 0 bridgehead atoms. The van der Waals surface area contributed by atoms with Gasteiger partial charge in [0.1, 0.15) is 0 Å². The van der Waals surface area contributed by atoms with Gasteiger partial charge in [0.05, 0.1) is 0 Å². The molecule has 5 heteroatoms. The average Bonchev–Trinajstić information content (AvgIpc) is 0. The Labute approximate surface area is 65.0 Å². The van der Waals surface area contributed by atoms with Gasteiger partial charge in [0, 0.05) is 0 Å². The number of hydrogen-bond acceptors (Lipinski definition) is 0. The molecule has 1 nitrogen and oxygen atoms in total. The van der Waals surface area contributed by atoms with E-state index in [0.717, 1.165) is 0 Å². The van der Waals surface area contributed by atoms with E-state index in [1.807, 2.05) is 0 Å². The molecule has 0 rings (SSSR count). The standard InChI is InChI=1S/3ClH.H2N.Ti/h3*1H;1H2;/q;;;-1;+4/p-3. The van der Waals surface area contributed by atoms with Crippen LogP contribution < -0.4 is 37.2 Å². The molecule has 0 saturated carbocycles. The van der Waals surface area contributed by atoms with Crippen molar-refractivity contribution in [1.82, 2.24) is 0 Å². The minimum Gasteiger partial charge on any atom is -1.00 e. The Hall–Kier alpha value is 1.54. The summed E-state index contributed by atoms with van der Waals surface area (Å²) in [4.78, 5) is 0. The molecule has 0 aromatic rings. The number of nitrogens with two attached hydrogens (primary N) is 1. The minimum atomic E-state index is 0. The molecule has 2 N–H and O–H groups in total. The zero-order valence-electron chi connectivity index (χ0n) is 2.21. The van der Waals surface area contributed by atoms with E-state index in [1.165, 1.54) is 0 Å². The van der Waals surface area contributed by atoms with Crippen LogP contribution in [0.5, 0.6) is 0 Å². The summed E-state index contributed by atoms with van der Waals surface area (Å²) in [5, 5.41) is 0. The van der Waals surface area contributed by atoms with Crippen LogP contribution in [0.2, 0.25) is 0 Å². The van der Waals surface area contributed by atoms with E-state index in [1.54, 1.807) is 0 Å². The summed E-state index contributed by atoms with van der Waals surface area (Å²) in [5.74, 6) is 0. The smallest absolute Gasteiger partial charge is 1.00 e. The summed E-state index contributed by atoms with van der Waals surface area (Å²) in [6, 6.07) is 0. The third kappa shape index (κ3) is 29.2. The molecular formula is H2Cl3NTi. The van der Waals surface area contributed by atoms with Crippen LogP contribution in [-0.2, 0) is 21.7 Å². The Bertz CT molecular complexity index is 6.85. The van der Waals surface area contributed by atoms with E-state index in [4.69, 9.17) is 0 Å². The normalized spacial score (nSPS) is 0. The Morgan fingerprint density at radius 2 is 0.600 bits per heavy atom. The van der Waals surface area contributed by atoms with E-state index < -0.39 is 0 Å². The van der Waals surface area contributed by atoms with Gasteiger partial charge in [-0.1, -0.05) is 0 Å². The number of halogens is 3. The predicted molar refractivity (Wildman–Crippen MR) is 5.28 cm³/mol. The van der Waals surface area contributed by atoms with Crippen molar-refractivity contribution < 1.29 is 58.9 Å². The van der Waals surface area contributed by atoms with Crippen molar-refractivity contribution in [2.24, 2.45) is 0 Å². The fourth-order valence-electron chi connectivity index (χ4n) is 0. The van der Waals surface area contributed by atoms with Crippen molar-refractivity contribution in [2.75, 3.05) is 0 Å². The zero-order valence-corrected chi connectivity index (χ0v) is 6.04. The Morgan fingerprint density at radius 3 is 0.600 bits per heavy atom. The second kappa shape index (κ2) is 48.0. The summed E-state index contributed by atoms with van der Waals surface area (Å²) in [6.07, 6.45) is 0. The van der Waals surface area contributed by atoms with Gasteiger partial charge in [-0.25, -0.2) is 0 Å². The van der Waals surface area contributed by atoms with Gasteiger partial charge in [0.25, 0.3) is 0 Å². The van der Waals surface area contributed by atoms with E-state index in [2.05, 4.69) is 0 Å². The van der Waals surface area contributed by atoms with Crippen LogP contribution >= 0.6 is 0 Å². The van der Waals surface area contributed by atoms with Crippen LogP contribution in [0.1, 0.15) is 0 Å². The Morgan fingerprint density at radius 1 is 0.600 bits per heavy atom. The molecular weight excluding hydrogens is 168 g/mol. The topological polar surface area (TPSA) is 33.5 Å². The van der Waals surface area contributed by atoms with E-state index in [-0.39, 0.29) is 65.1 Å². The van der Waals surface area contributed by atoms with Gasteiger partial charge in [-0.05, 0) is 0 Å². The van der Waals surface area contributed by atoms with Crippen LogP contribution in [0.3, 0.4) is 0 Å². The average molecular weight is 170 g/mol. The van der Waals surface area contributed by atoms with Gasteiger partial charge in [-0.15, -0.1) is 0 Å². The molecule has 0 aliphatic rings. The second-order valence-corrected chi connectivity index (χ2v) is 0. The Balaban J connectivity index is 0. The molecule has 0 spiro atoms. The molecule has 0 aromatic heterocycles. The van der Waals surface area contributed by atoms with Gasteiger partial charge in [-0.3, -0.25) is 0 Å². The molecule has 0 radical (unpaired) electrons. The fraction of sp³-hybridized carbons (Fsp3) is 0. The molecule has 0 saturated heterocycles. The molecule has 0 aromatic carbocycles. The third-order valence-electron chi connectivity index (χ3n) is 0. The maximum atomic E-state index is 0. The van der Waals surface area contributed by atoms with Crippen LogP contribution in [0.15, 0.2) is 0 Å². The van der Waals surface area contributed by atoms with Crippen molar-refractivity contribution in [1.29, 1.82) is 0 Å². The number of rotatable bonds is 0. The van der Waals surface area contributed by atoms with Crippen molar-refractivity contribution >= 4 is 0 Å². The molecule has 5 heavy (non-hydrogen) atoms. The first-order valence-corrected chi connectivity index (χ1v) is 0. The zero-order chi connectivity index (χ0) is 0. The van der Waals surface area contributed by atoms with Gasteiger partial charge in [-0.2, -0.15) is 0 Å². The van der Waals surface area contributed by atoms with Crippen LogP contribution in [0.25, 0.3) is 6.15 Å². The third-order valence-corrected chi connectivity index (χ3v) is 0. The summed E-state index contributed by atoms with van der Waals surface area (Å²) < 4.78 is 0. The second-order valence-electron chi connectivity index (χ2n) is 0. The van der Waals surface area contributed by atoms with E-state index in [9.17, 15) is 0 Å². The van der Waals surface area contributed by atoms with Gasteiger partial charge < -0.3 is 43.4 Å². The molecule has 0 aliphatic heterocycles. The van der Waals surface area contributed by atoms with Gasteiger partial charge >= 0.3 is 21.7 Å². The molecule has 0 unspecified atom stereocenters. The SMILES string of the molecule is [Cl-].[Cl-].[Cl-].[NH2-].[Ti+4]. The molecule has 0 fully saturated rings. The van der Waals surface area contributed by atoms with Crippen LogP contribution in [0.4, 0.5) is 0 Å². The first kappa shape index (κ1) is 84.4. The number of hydrogen-bond donors (Lipinski definition) is 0. The molecule has 0 amide bonds.